The fraction of sp³-hybridized carbons (Fsp3) is 0.286. The maximum Gasteiger partial charge on any atom is 0.233 e. The Bertz CT molecular complexity index is 577. The number of halogens is 2. The summed E-state index contributed by atoms with van der Waals surface area (Å²) in [6.45, 7) is 0. The fourth-order valence-corrected chi connectivity index (χ4v) is 2.09. The van der Waals surface area contributed by atoms with Gasteiger partial charge in [0.25, 0.3) is 0 Å². The van der Waals surface area contributed by atoms with Crippen LogP contribution in [0.2, 0.25) is 5.02 Å². The van der Waals surface area contributed by atoms with Crippen molar-refractivity contribution in [3.05, 3.63) is 52.4 Å². The number of aromatic nitrogens is 2. The van der Waals surface area contributed by atoms with E-state index in [1.807, 2.05) is 13.1 Å². The Hall–Kier alpha value is -1.72. The molecule has 1 atom stereocenters. The average Bonchev–Trinajstić information content (AvgIpc) is 2.48. The van der Waals surface area contributed by atoms with Crippen LogP contribution in [0.5, 0.6) is 5.88 Å². The highest BCUT2D eigenvalue weighted by molar-refractivity contribution is 6.30. The van der Waals surface area contributed by atoms with Crippen LogP contribution in [0.25, 0.3) is 0 Å². The molecule has 2 aromatic rings. The fourth-order valence-electron chi connectivity index (χ4n) is 1.88. The second-order valence-electron chi connectivity index (χ2n) is 4.29. The molecule has 1 heterocycles. The number of benzene rings is 1. The summed E-state index contributed by atoms with van der Waals surface area (Å²) in [5.41, 5.74) is 1.71. The molecule has 0 aliphatic carbocycles. The minimum atomic E-state index is -0.416. The molecule has 20 heavy (non-hydrogen) atoms. The summed E-state index contributed by atoms with van der Waals surface area (Å²) in [6.07, 6.45) is 0.636. The minimum absolute atomic E-state index is 0.0325. The van der Waals surface area contributed by atoms with Gasteiger partial charge in [-0.3, -0.25) is 0 Å². The zero-order chi connectivity index (χ0) is 14.5. The molecular formula is C14H15ClFN3O. The molecule has 1 aromatic carbocycles. The van der Waals surface area contributed by atoms with Gasteiger partial charge < -0.3 is 10.1 Å². The Morgan fingerprint density at radius 1 is 1.30 bits per heavy atom. The third-order valence-electron chi connectivity index (χ3n) is 3.00. The van der Waals surface area contributed by atoms with E-state index in [0.717, 1.165) is 11.3 Å². The van der Waals surface area contributed by atoms with E-state index in [9.17, 15) is 4.39 Å². The highest BCUT2D eigenvalue weighted by Crippen LogP contribution is 2.21. The van der Waals surface area contributed by atoms with Crippen LogP contribution in [-0.2, 0) is 6.42 Å². The maximum absolute atomic E-state index is 13.1. The van der Waals surface area contributed by atoms with Gasteiger partial charge in [-0.05, 0) is 37.2 Å². The van der Waals surface area contributed by atoms with E-state index in [0.29, 0.717) is 12.3 Å². The molecule has 0 fully saturated rings. The van der Waals surface area contributed by atoms with Crippen LogP contribution in [0.15, 0.2) is 30.3 Å². The number of nitrogens with one attached hydrogen (secondary N) is 1. The van der Waals surface area contributed by atoms with Crippen molar-refractivity contribution in [3.8, 4) is 5.88 Å². The molecule has 4 nitrogen and oxygen atoms in total. The van der Waals surface area contributed by atoms with Crippen molar-refractivity contribution < 1.29 is 9.13 Å². The molecule has 0 aliphatic rings. The van der Waals surface area contributed by atoms with Gasteiger partial charge >= 0.3 is 0 Å². The van der Waals surface area contributed by atoms with Gasteiger partial charge in [0.1, 0.15) is 5.82 Å². The SMILES string of the molecule is CNC(Cc1ccc(F)c(Cl)c1)c1ccc(OC)nn1. The normalized spacial score (nSPS) is 12.2. The van der Waals surface area contributed by atoms with Crippen molar-refractivity contribution in [2.45, 2.75) is 12.5 Å². The molecule has 0 radical (unpaired) electrons. The van der Waals surface area contributed by atoms with Crippen LogP contribution >= 0.6 is 11.6 Å². The first-order chi connectivity index (χ1) is 9.63. The number of likely N-dealkylation sites (N-methyl/N-ethyl adjacent to an activating group) is 1. The third kappa shape index (κ3) is 3.43. The summed E-state index contributed by atoms with van der Waals surface area (Å²) in [5, 5.41) is 11.3. The molecule has 0 saturated heterocycles. The monoisotopic (exact) mass is 295 g/mol. The lowest BCUT2D eigenvalue weighted by Gasteiger charge is -2.15. The summed E-state index contributed by atoms with van der Waals surface area (Å²) < 4.78 is 18.1. The lowest BCUT2D eigenvalue weighted by atomic mass is 10.0. The van der Waals surface area contributed by atoms with Crippen molar-refractivity contribution in [2.24, 2.45) is 0 Å². The van der Waals surface area contributed by atoms with Crippen LogP contribution in [0.4, 0.5) is 4.39 Å². The summed E-state index contributed by atoms with van der Waals surface area (Å²) >= 11 is 5.79. The van der Waals surface area contributed by atoms with E-state index in [-0.39, 0.29) is 11.1 Å². The van der Waals surface area contributed by atoms with Crippen molar-refractivity contribution >= 4 is 11.6 Å². The predicted octanol–water partition coefficient (Wildman–Crippen LogP) is 2.78. The molecule has 0 amide bonds. The van der Waals surface area contributed by atoms with Gasteiger partial charge in [0.15, 0.2) is 0 Å². The van der Waals surface area contributed by atoms with E-state index in [1.165, 1.54) is 6.07 Å². The molecule has 0 spiro atoms. The van der Waals surface area contributed by atoms with Crippen LogP contribution in [0.1, 0.15) is 17.3 Å². The van der Waals surface area contributed by atoms with Gasteiger partial charge in [0.2, 0.25) is 5.88 Å². The Morgan fingerprint density at radius 3 is 2.65 bits per heavy atom. The predicted molar refractivity (Wildman–Crippen MR) is 75.5 cm³/mol. The topological polar surface area (TPSA) is 47.0 Å². The smallest absolute Gasteiger partial charge is 0.233 e. The molecule has 1 unspecified atom stereocenters. The molecule has 106 valence electrons. The van der Waals surface area contributed by atoms with Crippen molar-refractivity contribution in [3.63, 3.8) is 0 Å². The maximum atomic E-state index is 13.1. The van der Waals surface area contributed by atoms with E-state index < -0.39 is 5.82 Å². The lowest BCUT2D eigenvalue weighted by Crippen LogP contribution is -2.20. The quantitative estimate of drug-likeness (QED) is 0.921. The standard InChI is InChI=1S/C14H15ClFN3O/c1-17-13(12-5-6-14(20-2)19-18-12)8-9-3-4-11(16)10(15)7-9/h3-7,13,17H,8H2,1-2H3. The highest BCUT2D eigenvalue weighted by Gasteiger charge is 2.13. The third-order valence-corrected chi connectivity index (χ3v) is 3.29. The summed E-state index contributed by atoms with van der Waals surface area (Å²) in [5.74, 6) is 0.0501. The minimum Gasteiger partial charge on any atom is -0.480 e. The Morgan fingerprint density at radius 2 is 2.10 bits per heavy atom. The van der Waals surface area contributed by atoms with Crippen molar-refractivity contribution in [1.29, 1.82) is 0 Å². The number of methoxy groups -OCH3 is 1. The highest BCUT2D eigenvalue weighted by atomic mass is 35.5. The summed E-state index contributed by atoms with van der Waals surface area (Å²) in [7, 11) is 3.38. The number of rotatable bonds is 5. The Kier molecular flexibility index (Phi) is 4.87. The molecule has 1 N–H and O–H groups in total. The molecule has 1 aromatic heterocycles. The van der Waals surface area contributed by atoms with Gasteiger partial charge in [-0.15, -0.1) is 5.10 Å². The molecule has 2 rings (SSSR count). The van der Waals surface area contributed by atoms with E-state index in [1.54, 1.807) is 25.3 Å². The van der Waals surface area contributed by atoms with Gasteiger partial charge in [-0.1, -0.05) is 17.7 Å². The zero-order valence-electron chi connectivity index (χ0n) is 11.2. The first kappa shape index (κ1) is 14.7. The van der Waals surface area contributed by atoms with Crippen molar-refractivity contribution in [2.75, 3.05) is 14.2 Å². The van der Waals surface area contributed by atoms with E-state index in [4.69, 9.17) is 16.3 Å². The van der Waals surface area contributed by atoms with Gasteiger partial charge in [-0.25, -0.2) is 4.39 Å². The first-order valence-electron chi connectivity index (χ1n) is 6.13. The van der Waals surface area contributed by atoms with Gasteiger partial charge in [0, 0.05) is 6.07 Å². The number of hydrogen-bond donors (Lipinski definition) is 1. The second kappa shape index (κ2) is 6.63. The number of ether oxygens (including phenoxy) is 1. The van der Waals surface area contributed by atoms with Crippen LogP contribution in [0, 0.1) is 5.82 Å². The molecular weight excluding hydrogens is 281 g/mol. The molecule has 0 aliphatic heterocycles. The molecule has 0 saturated carbocycles. The second-order valence-corrected chi connectivity index (χ2v) is 4.70. The lowest BCUT2D eigenvalue weighted by molar-refractivity contribution is 0.389. The van der Waals surface area contributed by atoms with Crippen LogP contribution < -0.4 is 10.1 Å². The summed E-state index contributed by atoms with van der Waals surface area (Å²) in [4.78, 5) is 0. The Labute approximate surface area is 121 Å². The largest absolute Gasteiger partial charge is 0.480 e. The summed E-state index contributed by atoms with van der Waals surface area (Å²) in [6, 6.07) is 8.27. The van der Waals surface area contributed by atoms with Crippen molar-refractivity contribution in [1.82, 2.24) is 15.5 Å². The van der Waals surface area contributed by atoms with E-state index in [2.05, 4.69) is 15.5 Å². The molecule has 0 bridgehead atoms. The number of hydrogen-bond acceptors (Lipinski definition) is 4. The van der Waals surface area contributed by atoms with Crippen LogP contribution in [-0.4, -0.2) is 24.4 Å². The Balaban J connectivity index is 2.16. The number of nitrogens with zero attached hydrogens (tertiary/aromatic N) is 2. The van der Waals surface area contributed by atoms with E-state index >= 15 is 0 Å². The zero-order valence-corrected chi connectivity index (χ0v) is 12.0. The van der Waals surface area contributed by atoms with Gasteiger partial charge in [-0.2, -0.15) is 5.10 Å². The van der Waals surface area contributed by atoms with Crippen LogP contribution in [0.3, 0.4) is 0 Å². The molecule has 6 heteroatoms. The average molecular weight is 296 g/mol. The first-order valence-corrected chi connectivity index (χ1v) is 6.50. The van der Waals surface area contributed by atoms with Gasteiger partial charge in [0.05, 0.1) is 23.9 Å².